The van der Waals surface area contributed by atoms with Gasteiger partial charge in [-0.05, 0) is 61.4 Å². The first-order valence-electron chi connectivity index (χ1n) is 11.4. The van der Waals surface area contributed by atoms with Crippen LogP contribution in [0.15, 0.2) is 36.7 Å². The minimum Gasteiger partial charge on any atom is -0.382 e. The number of fused-ring (bicyclic) bond motifs is 1. The summed E-state index contributed by atoms with van der Waals surface area (Å²) in [6.07, 6.45) is 0.490. The summed E-state index contributed by atoms with van der Waals surface area (Å²) in [7, 11) is 1.61. The summed E-state index contributed by atoms with van der Waals surface area (Å²) in [5.74, 6) is 0.639. The highest BCUT2D eigenvalue weighted by Gasteiger charge is 2.44. The molecule has 1 aromatic carbocycles. The van der Waals surface area contributed by atoms with Crippen molar-refractivity contribution >= 4 is 39.0 Å². The van der Waals surface area contributed by atoms with Gasteiger partial charge in [0.15, 0.2) is 0 Å². The van der Waals surface area contributed by atoms with Crippen molar-refractivity contribution in [3.05, 3.63) is 47.1 Å². The van der Waals surface area contributed by atoms with Crippen LogP contribution >= 0.6 is 11.3 Å². The van der Waals surface area contributed by atoms with Gasteiger partial charge in [0.1, 0.15) is 17.0 Å². The largest absolute Gasteiger partial charge is 0.393 e. The molecule has 3 heterocycles. The van der Waals surface area contributed by atoms with Gasteiger partial charge in [-0.2, -0.15) is 13.2 Å². The fourth-order valence-electron chi connectivity index (χ4n) is 5.34. The summed E-state index contributed by atoms with van der Waals surface area (Å²) in [6, 6.07) is 9.45. The fourth-order valence-corrected chi connectivity index (χ4v) is 6.37. The third kappa shape index (κ3) is 4.68. The van der Waals surface area contributed by atoms with Crippen LogP contribution in [-0.2, 0) is 6.42 Å². The standard InChI is InChI=1S/C24H26F3N5OS/c1-28-21(33)15-2-4-16(5-3-15)31-17-6-7-23(11-17)8-9-32(13-23)20-19-10-18(12-24(25,26)27)34-22(19)30-14-29-20/h2-5,10,14,17,31H,6-9,11-13H2,1H3,(H,28,33)/t17-,23+/m0/s1. The van der Waals surface area contributed by atoms with Crippen molar-refractivity contribution in [3.63, 3.8) is 0 Å². The lowest BCUT2D eigenvalue weighted by Gasteiger charge is -2.25. The zero-order chi connectivity index (χ0) is 23.9. The summed E-state index contributed by atoms with van der Waals surface area (Å²) in [6.45, 7) is 1.68. The minimum atomic E-state index is -4.24. The van der Waals surface area contributed by atoms with Gasteiger partial charge in [-0.25, -0.2) is 9.97 Å². The molecule has 0 unspecified atom stereocenters. The van der Waals surface area contributed by atoms with Gasteiger partial charge >= 0.3 is 6.18 Å². The topological polar surface area (TPSA) is 70.2 Å². The fraction of sp³-hybridized carbons (Fsp3) is 0.458. The van der Waals surface area contributed by atoms with Gasteiger partial charge in [0.25, 0.3) is 5.91 Å². The van der Waals surface area contributed by atoms with Gasteiger partial charge in [-0.1, -0.05) is 0 Å². The van der Waals surface area contributed by atoms with E-state index in [1.165, 1.54) is 6.33 Å². The molecule has 2 aromatic heterocycles. The molecule has 1 aliphatic heterocycles. The Kier molecular flexibility index (Phi) is 5.87. The molecule has 1 spiro atoms. The predicted octanol–water partition coefficient (Wildman–Crippen LogP) is 5.02. The quantitative estimate of drug-likeness (QED) is 0.527. The lowest BCUT2D eigenvalue weighted by atomic mass is 9.85. The van der Waals surface area contributed by atoms with Crippen LogP contribution in [0, 0.1) is 5.41 Å². The number of rotatable bonds is 5. The molecule has 0 bridgehead atoms. The molecular formula is C24H26F3N5OS. The molecule has 34 heavy (non-hydrogen) atoms. The maximum Gasteiger partial charge on any atom is 0.393 e. The zero-order valence-electron chi connectivity index (χ0n) is 18.8. The number of alkyl halides is 3. The van der Waals surface area contributed by atoms with Gasteiger partial charge in [0.05, 0.1) is 11.8 Å². The van der Waals surface area contributed by atoms with E-state index in [0.29, 0.717) is 21.8 Å². The third-order valence-corrected chi connectivity index (χ3v) is 7.96. The molecule has 2 aliphatic rings. The molecule has 0 radical (unpaired) electrons. The molecule has 1 aliphatic carbocycles. The van der Waals surface area contributed by atoms with Crippen molar-refractivity contribution in [1.82, 2.24) is 15.3 Å². The van der Waals surface area contributed by atoms with E-state index in [9.17, 15) is 18.0 Å². The first-order valence-corrected chi connectivity index (χ1v) is 12.2. The predicted molar refractivity (Wildman–Crippen MR) is 128 cm³/mol. The second-order valence-electron chi connectivity index (χ2n) is 9.33. The number of hydrogen-bond acceptors (Lipinski definition) is 6. The molecule has 10 heteroatoms. The first kappa shape index (κ1) is 22.9. The van der Waals surface area contributed by atoms with Crippen LogP contribution in [0.3, 0.4) is 0 Å². The number of anilines is 2. The SMILES string of the molecule is CNC(=O)c1ccc(N[C@H]2CC[C@@]3(CCN(c4ncnc5sc(CC(F)(F)F)cc45)C3)C2)cc1. The van der Waals surface area contributed by atoms with Crippen LogP contribution in [0.4, 0.5) is 24.7 Å². The minimum absolute atomic E-state index is 0.104. The lowest BCUT2D eigenvalue weighted by molar-refractivity contribution is -0.126. The number of carbonyl (C=O) groups excluding carboxylic acids is 1. The Morgan fingerprint density at radius 2 is 2.03 bits per heavy atom. The van der Waals surface area contributed by atoms with Gasteiger partial charge in [-0.15, -0.1) is 11.3 Å². The maximum absolute atomic E-state index is 12.9. The Morgan fingerprint density at radius 1 is 1.24 bits per heavy atom. The number of amides is 1. The highest BCUT2D eigenvalue weighted by atomic mass is 32.1. The van der Waals surface area contributed by atoms with E-state index in [2.05, 4.69) is 25.5 Å². The van der Waals surface area contributed by atoms with E-state index in [0.717, 1.165) is 61.6 Å². The second kappa shape index (κ2) is 8.72. The number of nitrogens with one attached hydrogen (secondary N) is 2. The number of aromatic nitrogens is 2. The Morgan fingerprint density at radius 3 is 2.76 bits per heavy atom. The normalized spacial score (nSPS) is 22.6. The molecule has 2 N–H and O–H groups in total. The van der Waals surface area contributed by atoms with Crippen LogP contribution in [0.2, 0.25) is 0 Å². The molecule has 3 aromatic rings. The lowest BCUT2D eigenvalue weighted by Crippen LogP contribution is -2.27. The average Bonchev–Trinajstić information content (AvgIpc) is 3.51. The Labute approximate surface area is 199 Å². The molecule has 1 saturated heterocycles. The summed E-state index contributed by atoms with van der Waals surface area (Å²) < 4.78 is 38.6. The van der Waals surface area contributed by atoms with Crippen LogP contribution in [0.5, 0.6) is 0 Å². The molecule has 1 amide bonds. The van der Waals surface area contributed by atoms with E-state index in [1.54, 1.807) is 13.1 Å². The van der Waals surface area contributed by atoms with E-state index < -0.39 is 12.6 Å². The van der Waals surface area contributed by atoms with Crippen molar-refractivity contribution in [1.29, 1.82) is 0 Å². The maximum atomic E-state index is 12.9. The molecule has 2 atom stereocenters. The van der Waals surface area contributed by atoms with Crippen molar-refractivity contribution in [3.8, 4) is 0 Å². The van der Waals surface area contributed by atoms with E-state index in [1.807, 2.05) is 24.3 Å². The summed E-state index contributed by atoms with van der Waals surface area (Å²) in [4.78, 5) is 23.5. The number of thiophene rings is 1. The number of carbonyl (C=O) groups is 1. The van der Waals surface area contributed by atoms with E-state index in [4.69, 9.17) is 0 Å². The number of nitrogens with zero attached hydrogens (tertiary/aromatic N) is 3. The molecule has 5 rings (SSSR count). The molecule has 6 nitrogen and oxygen atoms in total. The average molecular weight is 490 g/mol. The number of benzene rings is 1. The third-order valence-electron chi connectivity index (χ3n) is 6.92. The Balaban J connectivity index is 1.26. The smallest absolute Gasteiger partial charge is 0.382 e. The summed E-state index contributed by atoms with van der Waals surface area (Å²) in [5.41, 5.74) is 1.80. The van der Waals surface area contributed by atoms with Crippen LogP contribution in [-0.4, -0.2) is 48.2 Å². The molecule has 180 valence electrons. The van der Waals surface area contributed by atoms with Gasteiger partial charge in [0.2, 0.25) is 0 Å². The van der Waals surface area contributed by atoms with Crippen LogP contribution in [0.25, 0.3) is 10.2 Å². The Bertz CT molecular complexity index is 1200. The van der Waals surface area contributed by atoms with Gasteiger partial charge < -0.3 is 15.5 Å². The molecular weight excluding hydrogens is 463 g/mol. The van der Waals surface area contributed by atoms with Gasteiger partial charge in [-0.3, -0.25) is 4.79 Å². The highest BCUT2D eigenvalue weighted by Crippen LogP contribution is 2.48. The van der Waals surface area contributed by atoms with Crippen molar-refractivity contribution < 1.29 is 18.0 Å². The van der Waals surface area contributed by atoms with Crippen molar-refractivity contribution in [2.24, 2.45) is 5.41 Å². The van der Waals surface area contributed by atoms with Crippen LogP contribution < -0.4 is 15.5 Å². The number of halogens is 3. The van der Waals surface area contributed by atoms with Crippen LogP contribution in [0.1, 0.15) is 40.9 Å². The first-order chi connectivity index (χ1) is 16.2. The summed E-state index contributed by atoms with van der Waals surface area (Å²) >= 11 is 1.09. The van der Waals surface area contributed by atoms with Gasteiger partial charge in [0, 0.05) is 42.3 Å². The summed E-state index contributed by atoms with van der Waals surface area (Å²) in [5, 5.41) is 6.94. The van der Waals surface area contributed by atoms with E-state index >= 15 is 0 Å². The number of hydrogen-bond donors (Lipinski definition) is 2. The molecule has 1 saturated carbocycles. The van der Waals surface area contributed by atoms with Crippen molar-refractivity contribution in [2.75, 3.05) is 30.4 Å². The molecule has 2 fully saturated rings. The highest BCUT2D eigenvalue weighted by molar-refractivity contribution is 7.18. The Hall–Kier alpha value is -2.88. The zero-order valence-corrected chi connectivity index (χ0v) is 19.6. The van der Waals surface area contributed by atoms with Crippen molar-refractivity contribution in [2.45, 2.75) is 44.3 Å². The monoisotopic (exact) mass is 489 g/mol. The second-order valence-corrected chi connectivity index (χ2v) is 10.4. The van der Waals surface area contributed by atoms with E-state index in [-0.39, 0.29) is 16.2 Å².